The van der Waals surface area contributed by atoms with Crippen LogP contribution in [0.25, 0.3) is 0 Å². The summed E-state index contributed by atoms with van der Waals surface area (Å²) in [5.41, 5.74) is 3.97. The van der Waals surface area contributed by atoms with Gasteiger partial charge in [0.25, 0.3) is 0 Å². The lowest BCUT2D eigenvalue weighted by Crippen LogP contribution is -2.10. The van der Waals surface area contributed by atoms with E-state index >= 15 is 0 Å². The lowest BCUT2D eigenvalue weighted by molar-refractivity contribution is 0.112. The van der Waals surface area contributed by atoms with Gasteiger partial charge in [0.2, 0.25) is 0 Å². The monoisotopic (exact) mass is 236 g/mol. The van der Waals surface area contributed by atoms with Gasteiger partial charge in [0.05, 0.1) is 0 Å². The first-order valence-corrected chi connectivity index (χ1v) is 6.46. The van der Waals surface area contributed by atoms with E-state index in [0.29, 0.717) is 25.7 Å². The van der Waals surface area contributed by atoms with Gasteiger partial charge < -0.3 is 0 Å². The fourth-order valence-corrected chi connectivity index (χ4v) is 2.64. The van der Waals surface area contributed by atoms with Crippen molar-refractivity contribution in [3.05, 3.63) is 33.6 Å². The van der Waals surface area contributed by atoms with Crippen molar-refractivity contribution >= 4 is 6.29 Å². The summed E-state index contributed by atoms with van der Waals surface area (Å²) in [4.78, 5) is 11.3. The summed E-state index contributed by atoms with van der Waals surface area (Å²) >= 11 is 0. The zero-order chi connectivity index (χ0) is 13.0. The third kappa shape index (κ3) is 2.26. The van der Waals surface area contributed by atoms with Crippen LogP contribution >= 0.6 is 0 Å². The zero-order valence-electron chi connectivity index (χ0n) is 11.2. The van der Waals surface area contributed by atoms with Gasteiger partial charge in [-0.2, -0.15) is 0 Å². The van der Waals surface area contributed by atoms with Crippen LogP contribution in [0.15, 0.2) is 0 Å². The van der Waals surface area contributed by atoms with Crippen LogP contribution in [0.2, 0.25) is 0 Å². The number of rotatable bonds is 5. The lowest BCUT2D eigenvalue weighted by atomic mass is 9.87. The molecule has 1 aromatic carbocycles. The molecule has 0 aliphatic heterocycles. The Morgan fingerprint density at radius 1 is 0.824 bits per heavy atom. The molecule has 0 saturated heterocycles. The predicted octanol–water partition coefficient (Wildman–Crippen LogP) is 3.89. The molecule has 0 N–H and O–H groups in total. The lowest BCUT2D eigenvalue weighted by Gasteiger charge is -2.18. The number of aldehydes is 1. The van der Waals surface area contributed by atoms with E-state index in [1.54, 1.807) is 0 Å². The summed E-state index contributed by atoms with van der Waals surface area (Å²) < 4.78 is 14.4. The van der Waals surface area contributed by atoms with Crippen molar-refractivity contribution in [1.82, 2.24) is 0 Å². The Hall–Kier alpha value is -1.18. The molecule has 0 heterocycles. The molecule has 0 radical (unpaired) electrons. The molecule has 2 heteroatoms. The number of hydrogen-bond acceptors (Lipinski definition) is 1. The summed E-state index contributed by atoms with van der Waals surface area (Å²) in [5, 5.41) is 0. The van der Waals surface area contributed by atoms with Crippen LogP contribution in [0.5, 0.6) is 0 Å². The summed E-state index contributed by atoms with van der Waals surface area (Å²) in [6.45, 7) is 7.84. The van der Waals surface area contributed by atoms with E-state index in [9.17, 15) is 9.18 Å². The van der Waals surface area contributed by atoms with Gasteiger partial charge in [-0.3, -0.25) is 4.79 Å². The third-order valence-electron chi connectivity index (χ3n) is 3.44. The second-order valence-electron chi connectivity index (χ2n) is 4.17. The van der Waals surface area contributed by atoms with Crippen molar-refractivity contribution in [2.75, 3.05) is 0 Å². The molecule has 1 rings (SSSR count). The molecule has 0 saturated carbocycles. The van der Waals surface area contributed by atoms with E-state index in [-0.39, 0.29) is 5.82 Å². The van der Waals surface area contributed by atoms with Crippen molar-refractivity contribution in [1.29, 1.82) is 0 Å². The van der Waals surface area contributed by atoms with E-state index in [4.69, 9.17) is 0 Å². The average molecular weight is 236 g/mol. The zero-order valence-corrected chi connectivity index (χ0v) is 11.2. The molecule has 0 aliphatic carbocycles. The maximum atomic E-state index is 14.4. The molecule has 1 aromatic rings. The Labute approximate surface area is 103 Å². The van der Waals surface area contributed by atoms with E-state index in [1.807, 2.05) is 27.7 Å². The Kier molecular flexibility index (Phi) is 4.86. The van der Waals surface area contributed by atoms with Gasteiger partial charge in [0, 0.05) is 5.56 Å². The van der Waals surface area contributed by atoms with Gasteiger partial charge in [-0.05, 0) is 47.9 Å². The maximum absolute atomic E-state index is 14.4. The molecule has 0 aliphatic rings. The second-order valence-corrected chi connectivity index (χ2v) is 4.17. The minimum atomic E-state index is -0.0886. The van der Waals surface area contributed by atoms with Gasteiger partial charge in [0.1, 0.15) is 5.82 Å². The molecule has 1 nitrogen and oxygen atoms in total. The average Bonchev–Trinajstić information content (AvgIpc) is 2.36. The molecule has 0 amide bonds. The van der Waals surface area contributed by atoms with Gasteiger partial charge in [-0.1, -0.05) is 27.7 Å². The highest BCUT2D eigenvalue weighted by Crippen LogP contribution is 2.28. The first kappa shape index (κ1) is 13.9. The molecule has 94 valence electrons. The molecular weight excluding hydrogens is 215 g/mol. The third-order valence-corrected chi connectivity index (χ3v) is 3.44. The largest absolute Gasteiger partial charge is 0.298 e. The van der Waals surface area contributed by atoms with Gasteiger partial charge in [-0.15, -0.1) is 0 Å². The van der Waals surface area contributed by atoms with Crippen molar-refractivity contribution in [3.63, 3.8) is 0 Å². The van der Waals surface area contributed by atoms with Crippen LogP contribution in [-0.4, -0.2) is 6.29 Å². The summed E-state index contributed by atoms with van der Waals surface area (Å²) in [6.07, 6.45) is 3.62. The number of carbonyl (C=O) groups excluding carboxylic acids is 1. The van der Waals surface area contributed by atoms with Crippen LogP contribution in [0.4, 0.5) is 4.39 Å². The topological polar surface area (TPSA) is 17.1 Å². The van der Waals surface area contributed by atoms with Crippen molar-refractivity contribution in [2.24, 2.45) is 0 Å². The van der Waals surface area contributed by atoms with E-state index < -0.39 is 0 Å². The number of hydrogen-bond donors (Lipinski definition) is 0. The number of carbonyl (C=O) groups is 1. The highest BCUT2D eigenvalue weighted by Gasteiger charge is 2.19. The second kappa shape index (κ2) is 5.95. The van der Waals surface area contributed by atoms with Crippen LogP contribution in [0.3, 0.4) is 0 Å². The van der Waals surface area contributed by atoms with Crippen LogP contribution < -0.4 is 0 Å². The van der Waals surface area contributed by atoms with Crippen LogP contribution in [0, 0.1) is 5.82 Å². The molecule has 0 aromatic heterocycles. The first-order chi connectivity index (χ1) is 8.15. The summed E-state index contributed by atoms with van der Waals surface area (Å²) in [7, 11) is 0. The van der Waals surface area contributed by atoms with Gasteiger partial charge >= 0.3 is 0 Å². The minimum absolute atomic E-state index is 0.0886. The number of halogens is 1. The first-order valence-electron chi connectivity index (χ1n) is 6.46. The Morgan fingerprint density at radius 2 is 1.18 bits per heavy atom. The normalized spacial score (nSPS) is 10.6. The Bertz CT molecular complexity index is 388. The summed E-state index contributed by atoms with van der Waals surface area (Å²) in [5.74, 6) is -0.0886. The fraction of sp³-hybridized carbons (Fsp3) is 0.533. The Morgan fingerprint density at radius 3 is 1.41 bits per heavy atom. The van der Waals surface area contributed by atoms with Gasteiger partial charge in [-0.25, -0.2) is 4.39 Å². The molecule has 0 fully saturated rings. The minimum Gasteiger partial charge on any atom is -0.298 e. The van der Waals surface area contributed by atoms with Crippen LogP contribution in [-0.2, 0) is 25.7 Å². The van der Waals surface area contributed by atoms with Crippen molar-refractivity contribution in [3.8, 4) is 0 Å². The highest BCUT2D eigenvalue weighted by atomic mass is 19.1. The molecular formula is C15H21FO. The predicted molar refractivity (Wildman–Crippen MR) is 69.3 cm³/mol. The Balaban J connectivity index is 3.72. The molecule has 0 atom stereocenters. The summed E-state index contributed by atoms with van der Waals surface area (Å²) in [6, 6.07) is 0. The standard InChI is InChI=1S/C15H21FO/c1-5-10-12(7-3)15(16)13(8-4)11(6-2)14(10)9-17/h9H,5-8H2,1-4H3. The highest BCUT2D eigenvalue weighted by molar-refractivity contribution is 5.81. The SMILES string of the molecule is CCc1c(F)c(CC)c(CC)c(C=O)c1CC. The van der Waals surface area contributed by atoms with E-state index in [1.165, 1.54) is 0 Å². The maximum Gasteiger partial charge on any atom is 0.150 e. The van der Waals surface area contributed by atoms with Crippen molar-refractivity contribution < 1.29 is 9.18 Å². The van der Waals surface area contributed by atoms with E-state index in [0.717, 1.165) is 34.1 Å². The molecule has 17 heavy (non-hydrogen) atoms. The number of benzene rings is 1. The van der Waals surface area contributed by atoms with E-state index in [2.05, 4.69) is 0 Å². The molecule has 0 bridgehead atoms. The van der Waals surface area contributed by atoms with Crippen molar-refractivity contribution in [2.45, 2.75) is 53.4 Å². The van der Waals surface area contributed by atoms with Gasteiger partial charge in [0.15, 0.2) is 6.29 Å². The molecule has 0 unspecified atom stereocenters. The quantitative estimate of drug-likeness (QED) is 0.709. The molecule has 0 spiro atoms. The van der Waals surface area contributed by atoms with Crippen LogP contribution in [0.1, 0.15) is 60.3 Å². The smallest absolute Gasteiger partial charge is 0.150 e. The fourth-order valence-electron chi connectivity index (χ4n) is 2.64.